The van der Waals surface area contributed by atoms with E-state index in [1.165, 1.54) is 25.8 Å². The van der Waals surface area contributed by atoms with Crippen molar-refractivity contribution in [1.29, 1.82) is 0 Å². The lowest BCUT2D eigenvalue weighted by Gasteiger charge is -2.32. The molecule has 2 aromatic rings. The molecule has 1 fully saturated rings. The zero-order valence-electron chi connectivity index (χ0n) is 11.5. The van der Waals surface area contributed by atoms with E-state index in [9.17, 15) is 0 Å². The van der Waals surface area contributed by atoms with Crippen LogP contribution in [0.25, 0.3) is 5.78 Å². The average molecular weight is 260 g/mol. The number of nitrogens with one attached hydrogen (secondary N) is 1. The molecule has 2 aromatic heterocycles. The minimum absolute atomic E-state index is 0.598. The summed E-state index contributed by atoms with van der Waals surface area (Å²) in [6.07, 6.45) is 5.44. The maximum absolute atomic E-state index is 4.34. The number of rotatable bonds is 3. The van der Waals surface area contributed by atoms with E-state index in [0.29, 0.717) is 11.8 Å². The number of aryl methyl sites for hydroxylation is 1. The molecule has 1 atom stereocenters. The number of nitrogens with zero attached hydrogens (tertiary/aromatic N) is 5. The summed E-state index contributed by atoms with van der Waals surface area (Å²) in [5.74, 6) is 1.62. The van der Waals surface area contributed by atoms with Crippen molar-refractivity contribution in [2.75, 3.05) is 25.5 Å². The smallest absolute Gasteiger partial charge is 0.254 e. The first-order valence-electron chi connectivity index (χ1n) is 6.85. The normalized spacial score (nSPS) is 20.8. The molecule has 1 saturated heterocycles. The van der Waals surface area contributed by atoms with E-state index < -0.39 is 0 Å². The average Bonchev–Trinajstić information content (AvgIpc) is 2.85. The molecule has 0 bridgehead atoms. The van der Waals surface area contributed by atoms with Gasteiger partial charge in [-0.1, -0.05) is 6.42 Å². The highest BCUT2D eigenvalue weighted by Crippen LogP contribution is 2.16. The van der Waals surface area contributed by atoms with Crippen LogP contribution in [0.1, 0.15) is 25.0 Å². The molecule has 6 heteroatoms. The molecule has 3 heterocycles. The third kappa shape index (κ3) is 2.53. The van der Waals surface area contributed by atoms with Crippen LogP contribution in [0.4, 0.5) is 5.82 Å². The highest BCUT2D eigenvalue weighted by Gasteiger charge is 2.18. The molecule has 102 valence electrons. The maximum atomic E-state index is 4.34. The fourth-order valence-electron chi connectivity index (χ4n) is 2.68. The second kappa shape index (κ2) is 5.13. The number of hydrogen-bond donors (Lipinski definition) is 1. The molecule has 1 unspecified atom stereocenters. The minimum Gasteiger partial charge on any atom is -0.368 e. The number of anilines is 1. The van der Waals surface area contributed by atoms with E-state index in [-0.39, 0.29) is 0 Å². The van der Waals surface area contributed by atoms with Crippen LogP contribution in [-0.4, -0.2) is 50.7 Å². The fourth-order valence-corrected chi connectivity index (χ4v) is 2.68. The Bertz CT molecular complexity index is 563. The van der Waals surface area contributed by atoms with Crippen molar-refractivity contribution in [2.24, 2.45) is 0 Å². The van der Waals surface area contributed by atoms with E-state index in [4.69, 9.17) is 0 Å². The van der Waals surface area contributed by atoms with Crippen LogP contribution in [0.3, 0.4) is 0 Å². The van der Waals surface area contributed by atoms with E-state index in [2.05, 4.69) is 32.3 Å². The summed E-state index contributed by atoms with van der Waals surface area (Å²) >= 11 is 0. The second-order valence-corrected chi connectivity index (χ2v) is 5.27. The summed E-state index contributed by atoms with van der Waals surface area (Å²) in [7, 11) is 2.20. The molecular formula is C13H20N6. The number of piperidine rings is 1. The molecular weight excluding hydrogens is 240 g/mol. The highest BCUT2D eigenvalue weighted by molar-refractivity contribution is 5.44. The van der Waals surface area contributed by atoms with Gasteiger partial charge >= 0.3 is 0 Å². The van der Waals surface area contributed by atoms with Gasteiger partial charge in [0.2, 0.25) is 0 Å². The predicted molar refractivity (Wildman–Crippen MR) is 74.3 cm³/mol. The van der Waals surface area contributed by atoms with Gasteiger partial charge in [-0.15, -0.1) is 0 Å². The summed E-state index contributed by atoms with van der Waals surface area (Å²) in [4.78, 5) is 10.9. The fraction of sp³-hybridized carbons (Fsp3) is 0.615. The summed E-state index contributed by atoms with van der Waals surface area (Å²) in [6, 6.07) is 2.62. The Kier molecular flexibility index (Phi) is 3.33. The summed E-state index contributed by atoms with van der Waals surface area (Å²) in [6.45, 7) is 4.11. The molecule has 1 aliphatic rings. The van der Waals surface area contributed by atoms with Crippen LogP contribution in [0.5, 0.6) is 0 Å². The van der Waals surface area contributed by atoms with Gasteiger partial charge in [-0.05, 0) is 33.4 Å². The summed E-state index contributed by atoms with van der Waals surface area (Å²) in [5.41, 5.74) is 0.958. The molecule has 0 amide bonds. The second-order valence-electron chi connectivity index (χ2n) is 5.27. The van der Waals surface area contributed by atoms with Gasteiger partial charge in [-0.25, -0.2) is 4.98 Å². The van der Waals surface area contributed by atoms with Gasteiger partial charge in [0.15, 0.2) is 0 Å². The van der Waals surface area contributed by atoms with E-state index in [1.807, 2.05) is 13.0 Å². The molecule has 1 aliphatic heterocycles. The number of fused-ring (bicyclic) bond motifs is 1. The minimum atomic E-state index is 0.598. The van der Waals surface area contributed by atoms with Crippen LogP contribution >= 0.6 is 0 Å². The van der Waals surface area contributed by atoms with E-state index >= 15 is 0 Å². The number of aromatic nitrogens is 4. The molecule has 6 nitrogen and oxygen atoms in total. The van der Waals surface area contributed by atoms with Crippen molar-refractivity contribution in [2.45, 2.75) is 32.2 Å². The van der Waals surface area contributed by atoms with Gasteiger partial charge < -0.3 is 10.2 Å². The Balaban J connectivity index is 1.75. The maximum Gasteiger partial charge on any atom is 0.254 e. The van der Waals surface area contributed by atoms with E-state index in [0.717, 1.165) is 18.1 Å². The first-order chi connectivity index (χ1) is 9.24. The molecule has 0 saturated carbocycles. The first-order valence-corrected chi connectivity index (χ1v) is 6.85. The monoisotopic (exact) mass is 260 g/mol. The number of likely N-dealkylation sites (N-methyl/N-ethyl adjacent to an activating group) is 1. The Morgan fingerprint density at radius 2 is 2.32 bits per heavy atom. The van der Waals surface area contributed by atoms with Gasteiger partial charge in [-0.2, -0.15) is 14.6 Å². The number of likely N-dealkylation sites (tertiary alicyclic amines) is 1. The Hall–Kier alpha value is -1.69. The third-order valence-electron chi connectivity index (χ3n) is 3.82. The van der Waals surface area contributed by atoms with Crippen molar-refractivity contribution in [3.05, 3.63) is 18.1 Å². The SMILES string of the molecule is Cc1cc(NCC2CCCCN2C)n2ncnc2n1. The Morgan fingerprint density at radius 3 is 3.16 bits per heavy atom. The summed E-state index contributed by atoms with van der Waals surface area (Å²) < 4.78 is 1.76. The van der Waals surface area contributed by atoms with Gasteiger partial charge in [-0.3, -0.25) is 0 Å². The van der Waals surface area contributed by atoms with Crippen molar-refractivity contribution < 1.29 is 0 Å². The van der Waals surface area contributed by atoms with Crippen molar-refractivity contribution in [3.63, 3.8) is 0 Å². The molecule has 0 aromatic carbocycles. The van der Waals surface area contributed by atoms with Gasteiger partial charge in [0.05, 0.1) is 0 Å². The molecule has 0 spiro atoms. The molecule has 3 rings (SSSR count). The van der Waals surface area contributed by atoms with Gasteiger partial charge in [0.1, 0.15) is 12.1 Å². The zero-order valence-corrected chi connectivity index (χ0v) is 11.5. The first kappa shape index (κ1) is 12.3. The topological polar surface area (TPSA) is 58.4 Å². The van der Waals surface area contributed by atoms with Crippen LogP contribution in [0.2, 0.25) is 0 Å². The molecule has 0 aliphatic carbocycles. The quantitative estimate of drug-likeness (QED) is 0.902. The number of hydrogen-bond acceptors (Lipinski definition) is 5. The predicted octanol–water partition coefficient (Wildman–Crippen LogP) is 1.33. The lowest BCUT2D eigenvalue weighted by molar-refractivity contribution is 0.194. The molecule has 0 radical (unpaired) electrons. The summed E-state index contributed by atoms with van der Waals surface area (Å²) in [5, 5.41) is 7.70. The van der Waals surface area contributed by atoms with E-state index in [1.54, 1.807) is 10.8 Å². The largest absolute Gasteiger partial charge is 0.368 e. The molecule has 19 heavy (non-hydrogen) atoms. The Labute approximate surface area is 112 Å². The molecule has 1 N–H and O–H groups in total. The highest BCUT2D eigenvalue weighted by atomic mass is 15.4. The standard InChI is InChI=1S/C13H20N6/c1-10-7-12(19-13(17-10)15-9-16-19)14-8-11-5-3-4-6-18(11)2/h7,9,11,14H,3-6,8H2,1-2H3. The van der Waals surface area contributed by atoms with Crippen molar-refractivity contribution in [1.82, 2.24) is 24.5 Å². The zero-order chi connectivity index (χ0) is 13.2. The lowest BCUT2D eigenvalue weighted by Crippen LogP contribution is -2.41. The Morgan fingerprint density at radius 1 is 1.42 bits per heavy atom. The van der Waals surface area contributed by atoms with Crippen molar-refractivity contribution >= 4 is 11.6 Å². The van der Waals surface area contributed by atoms with Gasteiger partial charge in [0, 0.05) is 24.3 Å². The van der Waals surface area contributed by atoms with Crippen LogP contribution in [0, 0.1) is 6.92 Å². The van der Waals surface area contributed by atoms with Gasteiger partial charge in [0.25, 0.3) is 5.78 Å². The third-order valence-corrected chi connectivity index (χ3v) is 3.82. The lowest BCUT2D eigenvalue weighted by atomic mass is 10.0. The van der Waals surface area contributed by atoms with Crippen LogP contribution in [0.15, 0.2) is 12.4 Å². The van der Waals surface area contributed by atoms with Crippen LogP contribution in [-0.2, 0) is 0 Å². The van der Waals surface area contributed by atoms with Crippen LogP contribution < -0.4 is 5.32 Å². The van der Waals surface area contributed by atoms with Crippen molar-refractivity contribution in [3.8, 4) is 0 Å².